The molecule has 4 bridgehead atoms. The second-order valence-corrected chi connectivity index (χ2v) is 8.29. The number of halogens is 1. The van der Waals surface area contributed by atoms with E-state index in [1.54, 1.807) is 0 Å². The molecular formula is C19H26ClN. The summed E-state index contributed by atoms with van der Waals surface area (Å²) in [5, 5.41) is 4.84. The van der Waals surface area contributed by atoms with Gasteiger partial charge in [-0.3, -0.25) is 0 Å². The van der Waals surface area contributed by atoms with Gasteiger partial charge in [-0.15, -0.1) is 0 Å². The first-order chi connectivity index (χ1) is 10.2. The van der Waals surface area contributed by atoms with Crippen LogP contribution in [0.4, 0.5) is 0 Å². The van der Waals surface area contributed by atoms with Crippen LogP contribution in [0.1, 0.15) is 44.6 Å². The van der Waals surface area contributed by atoms with Gasteiger partial charge in [-0.05, 0) is 86.8 Å². The lowest BCUT2D eigenvalue weighted by molar-refractivity contribution is -0.0169. The van der Waals surface area contributed by atoms with Crippen molar-refractivity contribution in [1.29, 1.82) is 0 Å². The monoisotopic (exact) mass is 303 g/mol. The molecule has 1 aromatic rings. The Bertz CT molecular complexity index is 484. The Balaban J connectivity index is 1.39. The highest BCUT2D eigenvalue weighted by atomic mass is 35.5. The van der Waals surface area contributed by atoms with E-state index in [-0.39, 0.29) is 0 Å². The normalized spacial score (nSPS) is 38.7. The van der Waals surface area contributed by atoms with Crippen LogP contribution in [-0.4, -0.2) is 12.1 Å². The molecule has 4 fully saturated rings. The number of hydrogen-bond donors (Lipinski definition) is 1. The molecule has 0 aliphatic heterocycles. The molecule has 0 spiro atoms. The molecule has 1 aromatic carbocycles. The summed E-state index contributed by atoms with van der Waals surface area (Å²) in [6.07, 6.45) is 8.60. The van der Waals surface area contributed by atoms with Crippen LogP contribution in [0, 0.1) is 23.7 Å². The predicted octanol–water partition coefficient (Wildman–Crippen LogP) is 4.69. The predicted molar refractivity (Wildman–Crippen MR) is 88.6 cm³/mol. The Morgan fingerprint density at radius 1 is 1.10 bits per heavy atom. The molecule has 4 aliphatic carbocycles. The second-order valence-electron chi connectivity index (χ2n) is 7.86. The third kappa shape index (κ3) is 2.87. The number of rotatable bonds is 4. The van der Waals surface area contributed by atoms with E-state index >= 15 is 0 Å². The van der Waals surface area contributed by atoms with Crippen LogP contribution in [0.15, 0.2) is 24.3 Å². The van der Waals surface area contributed by atoms with Crippen LogP contribution < -0.4 is 5.32 Å². The third-order valence-electron chi connectivity index (χ3n) is 6.13. The molecule has 1 nitrogen and oxygen atoms in total. The van der Waals surface area contributed by atoms with Gasteiger partial charge in [0.25, 0.3) is 0 Å². The van der Waals surface area contributed by atoms with Crippen LogP contribution in [0.2, 0.25) is 5.02 Å². The highest BCUT2D eigenvalue weighted by Gasteiger charge is 2.48. The van der Waals surface area contributed by atoms with Crippen LogP contribution in [-0.2, 0) is 6.42 Å². The standard InChI is InChI=1S/C19H26ClN/c1-12(5-13-3-2-4-18(20)11-13)21-19-16-7-14-6-15(9-16)10-17(19)8-14/h2-4,11-12,14-17,19,21H,5-10H2,1H3. The maximum Gasteiger partial charge on any atom is 0.0408 e. The Morgan fingerprint density at radius 2 is 1.76 bits per heavy atom. The van der Waals surface area contributed by atoms with Gasteiger partial charge in [0.1, 0.15) is 0 Å². The van der Waals surface area contributed by atoms with E-state index in [0.717, 1.165) is 41.2 Å². The fourth-order valence-corrected chi connectivity index (χ4v) is 5.82. The molecule has 0 aromatic heterocycles. The van der Waals surface area contributed by atoms with Gasteiger partial charge in [0.2, 0.25) is 0 Å². The SMILES string of the molecule is CC(Cc1cccc(Cl)c1)NC1C2CC3CC(C2)CC1C3. The third-order valence-corrected chi connectivity index (χ3v) is 6.37. The Morgan fingerprint density at radius 3 is 2.38 bits per heavy atom. The Hall–Kier alpha value is -0.530. The molecule has 1 N–H and O–H groups in total. The molecular weight excluding hydrogens is 278 g/mol. The summed E-state index contributed by atoms with van der Waals surface area (Å²) in [4.78, 5) is 0. The van der Waals surface area contributed by atoms with Crippen molar-refractivity contribution in [3.8, 4) is 0 Å². The summed E-state index contributed by atoms with van der Waals surface area (Å²) in [5.74, 6) is 4.05. The minimum absolute atomic E-state index is 0.547. The minimum Gasteiger partial charge on any atom is -0.311 e. The summed E-state index contributed by atoms with van der Waals surface area (Å²) in [5.41, 5.74) is 1.35. The van der Waals surface area contributed by atoms with Gasteiger partial charge in [0, 0.05) is 17.1 Å². The van der Waals surface area contributed by atoms with E-state index < -0.39 is 0 Å². The Kier molecular flexibility index (Phi) is 3.75. The van der Waals surface area contributed by atoms with E-state index in [1.165, 1.54) is 37.7 Å². The lowest BCUT2D eigenvalue weighted by atomic mass is 9.54. The van der Waals surface area contributed by atoms with Crippen molar-refractivity contribution < 1.29 is 0 Å². The molecule has 4 saturated carbocycles. The van der Waals surface area contributed by atoms with Gasteiger partial charge in [0.15, 0.2) is 0 Å². The first-order valence-electron chi connectivity index (χ1n) is 8.68. The molecule has 1 unspecified atom stereocenters. The first-order valence-corrected chi connectivity index (χ1v) is 9.05. The van der Waals surface area contributed by atoms with Crippen LogP contribution in [0.3, 0.4) is 0 Å². The fourth-order valence-electron chi connectivity index (χ4n) is 5.60. The lowest BCUT2D eigenvalue weighted by Crippen LogP contribution is -2.56. The van der Waals surface area contributed by atoms with Crippen molar-refractivity contribution in [2.24, 2.45) is 23.7 Å². The minimum atomic E-state index is 0.547. The molecule has 4 aliphatic rings. The topological polar surface area (TPSA) is 12.0 Å². The number of benzene rings is 1. The summed E-state index contributed by atoms with van der Waals surface area (Å²) < 4.78 is 0. The highest BCUT2D eigenvalue weighted by Crippen LogP contribution is 2.53. The van der Waals surface area contributed by atoms with Gasteiger partial charge >= 0.3 is 0 Å². The van der Waals surface area contributed by atoms with Gasteiger partial charge in [-0.25, -0.2) is 0 Å². The summed E-state index contributed by atoms with van der Waals surface area (Å²) in [7, 11) is 0. The van der Waals surface area contributed by atoms with Crippen molar-refractivity contribution >= 4 is 11.6 Å². The van der Waals surface area contributed by atoms with Crippen LogP contribution in [0.5, 0.6) is 0 Å². The molecule has 0 amide bonds. The fraction of sp³-hybridized carbons (Fsp3) is 0.684. The zero-order chi connectivity index (χ0) is 14.4. The van der Waals surface area contributed by atoms with Gasteiger partial charge in [0.05, 0.1) is 0 Å². The van der Waals surface area contributed by atoms with Crippen molar-refractivity contribution in [2.75, 3.05) is 0 Å². The summed E-state index contributed by atoms with van der Waals surface area (Å²) in [6.45, 7) is 2.34. The largest absolute Gasteiger partial charge is 0.311 e. The van der Waals surface area contributed by atoms with Crippen LogP contribution >= 0.6 is 11.6 Å². The average molecular weight is 304 g/mol. The van der Waals surface area contributed by atoms with Gasteiger partial charge in [-0.1, -0.05) is 23.7 Å². The van der Waals surface area contributed by atoms with Crippen molar-refractivity contribution in [2.45, 2.75) is 57.5 Å². The van der Waals surface area contributed by atoms with E-state index in [0.29, 0.717) is 6.04 Å². The van der Waals surface area contributed by atoms with Gasteiger partial charge in [-0.2, -0.15) is 0 Å². The molecule has 2 heteroatoms. The van der Waals surface area contributed by atoms with Crippen LogP contribution in [0.25, 0.3) is 0 Å². The molecule has 0 heterocycles. The lowest BCUT2D eigenvalue weighted by Gasteiger charge is -2.55. The van der Waals surface area contributed by atoms with E-state index in [2.05, 4.69) is 30.4 Å². The molecule has 0 radical (unpaired) electrons. The maximum absolute atomic E-state index is 6.10. The molecule has 0 saturated heterocycles. The zero-order valence-electron chi connectivity index (χ0n) is 12.9. The van der Waals surface area contributed by atoms with Crippen molar-refractivity contribution in [3.63, 3.8) is 0 Å². The van der Waals surface area contributed by atoms with Crippen molar-refractivity contribution in [3.05, 3.63) is 34.9 Å². The second kappa shape index (κ2) is 5.59. The summed E-state index contributed by atoms with van der Waals surface area (Å²) >= 11 is 6.10. The molecule has 1 atom stereocenters. The zero-order valence-corrected chi connectivity index (χ0v) is 13.7. The highest BCUT2D eigenvalue weighted by molar-refractivity contribution is 6.30. The average Bonchev–Trinajstić information content (AvgIpc) is 2.42. The van der Waals surface area contributed by atoms with E-state index in [1.807, 2.05) is 6.07 Å². The Labute approximate surface area is 133 Å². The number of hydrogen-bond acceptors (Lipinski definition) is 1. The molecule has 5 rings (SSSR count). The molecule has 21 heavy (non-hydrogen) atoms. The summed E-state index contributed by atoms with van der Waals surface area (Å²) in [6, 6.07) is 9.66. The molecule has 114 valence electrons. The van der Waals surface area contributed by atoms with Gasteiger partial charge < -0.3 is 5.32 Å². The van der Waals surface area contributed by atoms with E-state index in [4.69, 9.17) is 11.6 Å². The quantitative estimate of drug-likeness (QED) is 0.851. The first kappa shape index (κ1) is 14.1. The number of nitrogens with one attached hydrogen (secondary N) is 1. The maximum atomic E-state index is 6.10. The smallest absolute Gasteiger partial charge is 0.0408 e. The van der Waals surface area contributed by atoms with Crippen molar-refractivity contribution in [1.82, 2.24) is 5.32 Å². The van der Waals surface area contributed by atoms with E-state index in [9.17, 15) is 0 Å².